The summed E-state index contributed by atoms with van der Waals surface area (Å²) in [6.45, 7) is 0.119. The molecule has 5 nitrogen and oxygen atoms in total. The number of amides is 2. The molecule has 1 atom stereocenters. The SMILES string of the molecule is CNC(=O)[C@@H]1CN(C(=O)/C=C/c2ccc(Cl)cc2Cl)c2ccccc2O1. The van der Waals surface area contributed by atoms with Crippen LogP contribution in [0.1, 0.15) is 5.56 Å². The van der Waals surface area contributed by atoms with Crippen LogP contribution >= 0.6 is 23.2 Å². The molecule has 3 rings (SSSR count). The molecule has 0 aromatic heterocycles. The van der Waals surface area contributed by atoms with E-state index in [1.807, 2.05) is 6.07 Å². The van der Waals surface area contributed by atoms with Gasteiger partial charge in [0.1, 0.15) is 5.75 Å². The molecule has 2 amide bonds. The fourth-order valence-corrected chi connectivity index (χ4v) is 3.10. The van der Waals surface area contributed by atoms with Crippen molar-refractivity contribution in [1.29, 1.82) is 0 Å². The number of halogens is 2. The van der Waals surface area contributed by atoms with Crippen LogP contribution in [0.2, 0.25) is 10.0 Å². The number of rotatable bonds is 3. The van der Waals surface area contributed by atoms with E-state index < -0.39 is 6.10 Å². The standard InChI is InChI=1S/C19H16Cl2N2O3/c1-22-19(25)17-11-23(15-4-2-3-5-16(15)26-17)18(24)9-7-12-6-8-13(20)10-14(12)21/h2-10,17H,11H2,1H3,(H,22,25)/b9-7+/t17-/m0/s1. The molecule has 0 unspecified atom stereocenters. The van der Waals surface area contributed by atoms with Crippen LogP contribution in [0.3, 0.4) is 0 Å². The summed E-state index contributed by atoms with van der Waals surface area (Å²) in [5.74, 6) is -0.0821. The van der Waals surface area contributed by atoms with Gasteiger partial charge in [-0.05, 0) is 35.9 Å². The van der Waals surface area contributed by atoms with Gasteiger partial charge in [0.2, 0.25) is 0 Å². The Morgan fingerprint density at radius 1 is 1.23 bits per heavy atom. The van der Waals surface area contributed by atoms with E-state index in [9.17, 15) is 9.59 Å². The number of carbonyl (C=O) groups excluding carboxylic acids is 2. The number of nitrogens with one attached hydrogen (secondary N) is 1. The van der Waals surface area contributed by atoms with Crippen LogP contribution in [-0.4, -0.2) is 31.5 Å². The first-order chi connectivity index (χ1) is 12.5. The second-order valence-electron chi connectivity index (χ2n) is 5.64. The third-order valence-electron chi connectivity index (χ3n) is 3.95. The first-order valence-corrected chi connectivity index (χ1v) is 8.67. The summed E-state index contributed by atoms with van der Waals surface area (Å²) in [7, 11) is 1.53. The van der Waals surface area contributed by atoms with E-state index in [0.29, 0.717) is 27.0 Å². The lowest BCUT2D eigenvalue weighted by Crippen LogP contribution is -2.49. The van der Waals surface area contributed by atoms with Gasteiger partial charge in [-0.15, -0.1) is 0 Å². The number of ether oxygens (including phenoxy) is 1. The van der Waals surface area contributed by atoms with Gasteiger partial charge >= 0.3 is 0 Å². The first kappa shape index (κ1) is 18.3. The van der Waals surface area contributed by atoms with E-state index in [0.717, 1.165) is 0 Å². The molecule has 1 aliphatic rings. The minimum Gasteiger partial charge on any atom is -0.477 e. The van der Waals surface area contributed by atoms with Gasteiger partial charge in [0.15, 0.2) is 6.10 Å². The Morgan fingerprint density at radius 2 is 2.00 bits per heavy atom. The molecule has 0 radical (unpaired) electrons. The van der Waals surface area contributed by atoms with Crippen LogP contribution < -0.4 is 15.0 Å². The van der Waals surface area contributed by atoms with Crippen LogP contribution in [-0.2, 0) is 9.59 Å². The Balaban J connectivity index is 1.87. The lowest BCUT2D eigenvalue weighted by Gasteiger charge is -2.33. The highest BCUT2D eigenvalue weighted by Crippen LogP contribution is 2.33. The first-order valence-electron chi connectivity index (χ1n) is 7.91. The van der Waals surface area contributed by atoms with Crippen molar-refractivity contribution < 1.29 is 14.3 Å². The van der Waals surface area contributed by atoms with E-state index in [2.05, 4.69) is 5.32 Å². The number of fused-ring (bicyclic) bond motifs is 1. The van der Waals surface area contributed by atoms with Gasteiger partial charge in [-0.3, -0.25) is 9.59 Å². The molecule has 2 aromatic rings. The van der Waals surface area contributed by atoms with Gasteiger partial charge in [-0.1, -0.05) is 41.4 Å². The zero-order valence-electron chi connectivity index (χ0n) is 13.9. The van der Waals surface area contributed by atoms with Crippen molar-refractivity contribution in [3.8, 4) is 5.75 Å². The summed E-state index contributed by atoms with van der Waals surface area (Å²) in [5.41, 5.74) is 1.29. The number of benzene rings is 2. The molecule has 1 heterocycles. The third kappa shape index (κ3) is 3.84. The second kappa shape index (κ2) is 7.81. The highest BCUT2D eigenvalue weighted by Gasteiger charge is 2.32. The molecule has 2 aromatic carbocycles. The summed E-state index contributed by atoms with van der Waals surface area (Å²) in [4.78, 5) is 26.2. The molecule has 0 saturated heterocycles. The van der Waals surface area contributed by atoms with E-state index in [-0.39, 0.29) is 18.4 Å². The predicted molar refractivity (Wildman–Crippen MR) is 103 cm³/mol. The van der Waals surface area contributed by atoms with Gasteiger partial charge in [0.05, 0.1) is 12.2 Å². The fraction of sp³-hybridized carbons (Fsp3) is 0.158. The summed E-state index contributed by atoms with van der Waals surface area (Å²) in [6.07, 6.45) is 2.26. The quantitative estimate of drug-likeness (QED) is 0.815. The molecule has 0 spiro atoms. The average Bonchev–Trinajstić information content (AvgIpc) is 2.65. The van der Waals surface area contributed by atoms with Crippen molar-refractivity contribution in [1.82, 2.24) is 5.32 Å². The molecule has 0 aliphatic carbocycles. The number of hydrogen-bond donors (Lipinski definition) is 1. The van der Waals surface area contributed by atoms with Crippen molar-refractivity contribution in [3.63, 3.8) is 0 Å². The summed E-state index contributed by atoms with van der Waals surface area (Å²) >= 11 is 12.0. The topological polar surface area (TPSA) is 58.6 Å². The van der Waals surface area contributed by atoms with Crippen molar-refractivity contribution in [2.24, 2.45) is 0 Å². The van der Waals surface area contributed by atoms with E-state index in [4.69, 9.17) is 27.9 Å². The number of para-hydroxylation sites is 2. The van der Waals surface area contributed by atoms with Crippen molar-refractivity contribution in [2.75, 3.05) is 18.5 Å². The van der Waals surface area contributed by atoms with Gasteiger partial charge in [-0.2, -0.15) is 0 Å². The number of likely N-dealkylation sites (N-methyl/N-ethyl adjacent to an activating group) is 1. The monoisotopic (exact) mass is 390 g/mol. The Kier molecular flexibility index (Phi) is 5.49. The third-order valence-corrected chi connectivity index (χ3v) is 4.51. The number of hydrogen-bond acceptors (Lipinski definition) is 3. The van der Waals surface area contributed by atoms with Crippen molar-refractivity contribution in [3.05, 3.63) is 64.1 Å². The molecule has 0 bridgehead atoms. The van der Waals surface area contributed by atoms with Crippen LogP contribution in [0.4, 0.5) is 5.69 Å². The minimum atomic E-state index is -0.772. The lowest BCUT2D eigenvalue weighted by molar-refractivity contribution is -0.127. The van der Waals surface area contributed by atoms with Gasteiger partial charge < -0.3 is 15.0 Å². The Hall–Kier alpha value is -2.50. The van der Waals surface area contributed by atoms with Gasteiger partial charge in [0.25, 0.3) is 11.8 Å². The largest absolute Gasteiger partial charge is 0.477 e. The number of anilines is 1. The van der Waals surface area contributed by atoms with Crippen molar-refractivity contribution in [2.45, 2.75) is 6.10 Å². The smallest absolute Gasteiger partial charge is 0.262 e. The zero-order chi connectivity index (χ0) is 18.7. The molecule has 0 fully saturated rings. The maximum atomic E-state index is 12.8. The molecule has 7 heteroatoms. The number of carbonyl (C=O) groups is 2. The summed E-state index contributed by atoms with van der Waals surface area (Å²) in [5, 5.41) is 3.52. The van der Waals surface area contributed by atoms with E-state index in [1.165, 1.54) is 18.0 Å². The van der Waals surface area contributed by atoms with E-state index in [1.54, 1.807) is 42.5 Å². The predicted octanol–water partition coefficient (Wildman–Crippen LogP) is 3.55. The van der Waals surface area contributed by atoms with Crippen LogP contribution in [0.15, 0.2) is 48.5 Å². The molecular formula is C19H16Cl2N2O3. The minimum absolute atomic E-state index is 0.119. The number of nitrogens with zero attached hydrogens (tertiary/aromatic N) is 1. The van der Waals surface area contributed by atoms with Crippen LogP contribution in [0.25, 0.3) is 6.08 Å². The lowest BCUT2D eigenvalue weighted by atomic mass is 10.1. The Bertz CT molecular complexity index is 883. The highest BCUT2D eigenvalue weighted by molar-refractivity contribution is 6.35. The molecular weight excluding hydrogens is 375 g/mol. The summed E-state index contributed by atoms with van der Waals surface area (Å²) in [6, 6.07) is 12.1. The maximum Gasteiger partial charge on any atom is 0.262 e. The van der Waals surface area contributed by atoms with Crippen molar-refractivity contribution >= 4 is 46.8 Å². The average molecular weight is 391 g/mol. The normalized spacial score (nSPS) is 16.1. The maximum absolute atomic E-state index is 12.8. The molecule has 134 valence electrons. The Labute approximate surface area is 161 Å². The molecule has 26 heavy (non-hydrogen) atoms. The van der Waals surface area contributed by atoms with E-state index >= 15 is 0 Å². The molecule has 1 aliphatic heterocycles. The summed E-state index contributed by atoms with van der Waals surface area (Å²) < 4.78 is 5.69. The van der Waals surface area contributed by atoms with Crippen LogP contribution in [0, 0.1) is 0 Å². The second-order valence-corrected chi connectivity index (χ2v) is 6.48. The fourth-order valence-electron chi connectivity index (χ4n) is 2.63. The highest BCUT2D eigenvalue weighted by atomic mass is 35.5. The Morgan fingerprint density at radius 3 is 2.73 bits per heavy atom. The van der Waals surface area contributed by atoms with Gasteiger partial charge in [0, 0.05) is 23.2 Å². The van der Waals surface area contributed by atoms with Crippen LogP contribution in [0.5, 0.6) is 5.75 Å². The zero-order valence-corrected chi connectivity index (χ0v) is 15.4. The molecule has 1 N–H and O–H groups in total. The molecule has 0 saturated carbocycles. The van der Waals surface area contributed by atoms with Gasteiger partial charge in [-0.25, -0.2) is 0 Å².